The van der Waals surface area contributed by atoms with E-state index >= 15 is 0 Å². The number of methoxy groups -OCH3 is 1. The van der Waals surface area contributed by atoms with E-state index in [9.17, 15) is 4.79 Å². The summed E-state index contributed by atoms with van der Waals surface area (Å²) in [5.41, 5.74) is 2.14. The van der Waals surface area contributed by atoms with Gasteiger partial charge < -0.3 is 10.1 Å². The van der Waals surface area contributed by atoms with Crippen LogP contribution in [0.1, 0.15) is 10.4 Å². The molecule has 1 N–H and O–H groups in total. The number of benzene rings is 1. The van der Waals surface area contributed by atoms with Gasteiger partial charge in [-0.25, -0.2) is 4.52 Å². The monoisotopic (exact) mass is 345 g/mol. The van der Waals surface area contributed by atoms with E-state index in [-0.39, 0.29) is 5.91 Å². The van der Waals surface area contributed by atoms with Crippen LogP contribution in [0.3, 0.4) is 0 Å². The van der Waals surface area contributed by atoms with Crippen molar-refractivity contribution in [1.29, 1.82) is 0 Å². The zero-order chi connectivity index (χ0) is 14.8. The van der Waals surface area contributed by atoms with Crippen molar-refractivity contribution in [3.8, 4) is 5.75 Å². The molecule has 106 valence electrons. The first kappa shape index (κ1) is 13.6. The Labute approximate surface area is 129 Å². The SMILES string of the molecule is COc1ccc(Br)c(C(=O)Nc2ccn3nccc3c2)c1. The summed E-state index contributed by atoms with van der Waals surface area (Å²) >= 11 is 3.38. The predicted octanol–water partition coefficient (Wildman–Crippen LogP) is 3.36. The van der Waals surface area contributed by atoms with Gasteiger partial charge in [0.05, 0.1) is 18.2 Å². The van der Waals surface area contributed by atoms with E-state index in [1.54, 1.807) is 48.3 Å². The molecule has 0 aliphatic heterocycles. The maximum Gasteiger partial charge on any atom is 0.256 e. The van der Waals surface area contributed by atoms with Crippen molar-refractivity contribution in [2.75, 3.05) is 12.4 Å². The van der Waals surface area contributed by atoms with Crippen molar-refractivity contribution >= 4 is 33.0 Å². The van der Waals surface area contributed by atoms with Crippen LogP contribution < -0.4 is 10.1 Å². The van der Waals surface area contributed by atoms with Gasteiger partial charge in [-0.05, 0) is 52.3 Å². The van der Waals surface area contributed by atoms with Crippen LogP contribution in [-0.2, 0) is 0 Å². The Hall–Kier alpha value is -2.34. The van der Waals surface area contributed by atoms with Crippen LogP contribution in [0.2, 0.25) is 0 Å². The van der Waals surface area contributed by atoms with Crippen molar-refractivity contribution in [3.63, 3.8) is 0 Å². The van der Waals surface area contributed by atoms with Gasteiger partial charge in [0.1, 0.15) is 5.75 Å². The summed E-state index contributed by atoms with van der Waals surface area (Å²) in [6.07, 6.45) is 3.51. The fraction of sp³-hybridized carbons (Fsp3) is 0.0667. The van der Waals surface area contributed by atoms with Crippen LogP contribution in [0.15, 0.2) is 53.3 Å². The average molecular weight is 346 g/mol. The van der Waals surface area contributed by atoms with Crippen LogP contribution in [0, 0.1) is 0 Å². The lowest BCUT2D eigenvalue weighted by molar-refractivity contribution is 0.102. The summed E-state index contributed by atoms with van der Waals surface area (Å²) in [7, 11) is 1.57. The van der Waals surface area contributed by atoms with Gasteiger partial charge in [-0.1, -0.05) is 0 Å². The minimum atomic E-state index is -0.204. The molecule has 2 heterocycles. The van der Waals surface area contributed by atoms with E-state index < -0.39 is 0 Å². The normalized spacial score (nSPS) is 10.6. The van der Waals surface area contributed by atoms with Crippen molar-refractivity contribution in [1.82, 2.24) is 9.61 Å². The first-order valence-electron chi connectivity index (χ1n) is 6.25. The van der Waals surface area contributed by atoms with E-state index in [0.717, 1.165) is 5.52 Å². The minimum Gasteiger partial charge on any atom is -0.497 e. The smallest absolute Gasteiger partial charge is 0.256 e. The first-order valence-corrected chi connectivity index (χ1v) is 7.05. The number of hydrogen-bond donors (Lipinski definition) is 1. The largest absolute Gasteiger partial charge is 0.497 e. The quantitative estimate of drug-likeness (QED) is 0.791. The van der Waals surface area contributed by atoms with Crippen molar-refractivity contribution in [3.05, 3.63) is 58.8 Å². The summed E-state index contributed by atoms with van der Waals surface area (Å²) in [6, 6.07) is 10.8. The molecule has 0 saturated carbocycles. The third kappa shape index (κ3) is 2.75. The van der Waals surface area contributed by atoms with Crippen molar-refractivity contribution in [2.24, 2.45) is 0 Å². The molecule has 0 bridgehead atoms. The van der Waals surface area contributed by atoms with Crippen LogP contribution in [-0.4, -0.2) is 22.6 Å². The zero-order valence-electron chi connectivity index (χ0n) is 11.2. The number of fused-ring (bicyclic) bond motifs is 1. The Balaban J connectivity index is 1.88. The summed E-state index contributed by atoms with van der Waals surface area (Å²) in [5.74, 6) is 0.430. The molecule has 3 rings (SSSR count). The highest BCUT2D eigenvalue weighted by Crippen LogP contribution is 2.23. The molecule has 2 aromatic heterocycles. The summed E-state index contributed by atoms with van der Waals surface area (Å²) < 4.78 is 7.59. The molecule has 0 saturated heterocycles. The predicted molar refractivity (Wildman–Crippen MR) is 83.8 cm³/mol. The highest BCUT2D eigenvalue weighted by Gasteiger charge is 2.12. The number of carbonyl (C=O) groups is 1. The van der Waals surface area contributed by atoms with E-state index in [1.165, 1.54) is 0 Å². The lowest BCUT2D eigenvalue weighted by Gasteiger charge is -2.09. The zero-order valence-corrected chi connectivity index (χ0v) is 12.8. The molecule has 3 aromatic rings. The molecular formula is C15H12BrN3O2. The van der Waals surface area contributed by atoms with Crippen molar-refractivity contribution in [2.45, 2.75) is 0 Å². The molecule has 0 atom stereocenters. The van der Waals surface area contributed by atoms with Gasteiger partial charge in [0.2, 0.25) is 0 Å². The number of rotatable bonds is 3. The Morgan fingerprint density at radius 3 is 2.95 bits per heavy atom. The minimum absolute atomic E-state index is 0.204. The number of carbonyl (C=O) groups excluding carboxylic acids is 1. The number of anilines is 1. The van der Waals surface area contributed by atoms with E-state index in [4.69, 9.17) is 4.74 Å². The van der Waals surface area contributed by atoms with E-state index in [0.29, 0.717) is 21.5 Å². The second-order valence-electron chi connectivity index (χ2n) is 4.42. The van der Waals surface area contributed by atoms with Gasteiger partial charge >= 0.3 is 0 Å². The third-order valence-electron chi connectivity index (χ3n) is 3.08. The molecule has 6 heteroatoms. The van der Waals surface area contributed by atoms with Gasteiger partial charge in [-0.3, -0.25) is 4.79 Å². The topological polar surface area (TPSA) is 55.6 Å². The van der Waals surface area contributed by atoms with Gasteiger partial charge in [-0.2, -0.15) is 5.10 Å². The number of pyridine rings is 1. The summed E-state index contributed by atoms with van der Waals surface area (Å²) in [4.78, 5) is 12.4. The summed E-state index contributed by atoms with van der Waals surface area (Å²) in [5, 5.41) is 6.98. The molecule has 0 fully saturated rings. The van der Waals surface area contributed by atoms with Crippen LogP contribution >= 0.6 is 15.9 Å². The number of hydrogen-bond acceptors (Lipinski definition) is 3. The molecule has 21 heavy (non-hydrogen) atoms. The van der Waals surface area contributed by atoms with Gasteiger partial charge in [0.25, 0.3) is 5.91 Å². The Kier molecular flexibility index (Phi) is 3.62. The number of amides is 1. The summed E-state index contributed by atoms with van der Waals surface area (Å²) in [6.45, 7) is 0. The second-order valence-corrected chi connectivity index (χ2v) is 5.27. The number of aromatic nitrogens is 2. The van der Waals surface area contributed by atoms with Gasteiger partial charge in [0, 0.05) is 22.6 Å². The number of nitrogens with zero attached hydrogens (tertiary/aromatic N) is 2. The van der Waals surface area contributed by atoms with Crippen LogP contribution in [0.25, 0.3) is 5.52 Å². The third-order valence-corrected chi connectivity index (χ3v) is 3.77. The van der Waals surface area contributed by atoms with Crippen molar-refractivity contribution < 1.29 is 9.53 Å². The van der Waals surface area contributed by atoms with Crippen LogP contribution in [0.4, 0.5) is 5.69 Å². The lowest BCUT2D eigenvalue weighted by Crippen LogP contribution is -2.13. The maximum absolute atomic E-state index is 12.4. The molecule has 1 amide bonds. The van der Waals surface area contributed by atoms with Gasteiger partial charge in [-0.15, -0.1) is 0 Å². The first-order chi connectivity index (χ1) is 10.2. The molecule has 0 aliphatic rings. The van der Waals surface area contributed by atoms with Crippen LogP contribution in [0.5, 0.6) is 5.75 Å². The molecule has 0 radical (unpaired) electrons. The number of nitrogens with one attached hydrogen (secondary N) is 1. The second kappa shape index (κ2) is 5.57. The highest BCUT2D eigenvalue weighted by atomic mass is 79.9. The highest BCUT2D eigenvalue weighted by molar-refractivity contribution is 9.10. The Bertz CT molecular complexity index is 814. The van der Waals surface area contributed by atoms with E-state index in [1.807, 2.05) is 12.1 Å². The molecule has 1 aromatic carbocycles. The number of ether oxygens (including phenoxy) is 1. The average Bonchev–Trinajstić information content (AvgIpc) is 2.95. The fourth-order valence-electron chi connectivity index (χ4n) is 2.00. The Morgan fingerprint density at radius 1 is 1.29 bits per heavy atom. The lowest BCUT2D eigenvalue weighted by atomic mass is 10.2. The standard InChI is InChI=1S/C15H12BrN3O2/c1-21-12-2-3-14(16)13(9-12)15(20)18-10-5-7-19-11(8-10)4-6-17-19/h2-9H,1H3,(H,18,20). The molecule has 5 nitrogen and oxygen atoms in total. The molecular weight excluding hydrogens is 334 g/mol. The number of halogens is 1. The van der Waals surface area contributed by atoms with E-state index in [2.05, 4.69) is 26.3 Å². The molecule has 0 spiro atoms. The molecule has 0 aliphatic carbocycles. The maximum atomic E-state index is 12.4. The molecule has 0 unspecified atom stereocenters. The Morgan fingerprint density at radius 2 is 2.14 bits per heavy atom. The van der Waals surface area contributed by atoms with Gasteiger partial charge in [0.15, 0.2) is 0 Å². The fourth-order valence-corrected chi connectivity index (χ4v) is 2.43.